The Hall–Kier alpha value is 2.94. The van der Waals surface area contributed by atoms with Crippen molar-refractivity contribution in [1.82, 2.24) is 0 Å². The molecule has 0 unspecified atom stereocenters. The van der Waals surface area contributed by atoms with Crippen LogP contribution in [0.3, 0.4) is 0 Å². The Morgan fingerprint density at radius 3 is 1.00 bits per heavy atom. The average Bonchev–Trinajstić information content (AvgIpc) is 0. The molecule has 0 aliphatic heterocycles. The van der Waals surface area contributed by atoms with E-state index in [4.69, 9.17) is 0 Å². The van der Waals surface area contributed by atoms with Crippen LogP contribution in [0.15, 0.2) is 0 Å². The Balaban J connectivity index is 0. The van der Waals surface area contributed by atoms with Crippen molar-refractivity contribution < 1.29 is 93.4 Å². The van der Waals surface area contributed by atoms with Gasteiger partial charge >= 0.3 is 0 Å². The Morgan fingerprint density at radius 1 is 1.00 bits per heavy atom. The molecule has 0 fully saturated rings. The van der Waals surface area contributed by atoms with Crippen LogP contribution in [0.4, 0.5) is 0 Å². The number of rotatable bonds is 0. The summed E-state index contributed by atoms with van der Waals surface area (Å²) in [5, 5.41) is 0. The summed E-state index contributed by atoms with van der Waals surface area (Å²) in [6.45, 7) is 0. The Morgan fingerprint density at radius 2 is 1.00 bits per heavy atom. The molecule has 0 nitrogen and oxygen atoms in total. The molecule has 0 aromatic carbocycles. The normalized spacial score (nSPS) is 0. The molecule has 49 valence electrons. The van der Waals surface area contributed by atoms with Gasteiger partial charge < -0.3 is 0 Å². The van der Waals surface area contributed by atoms with Gasteiger partial charge in [-0.25, -0.2) is 0 Å². The summed E-state index contributed by atoms with van der Waals surface area (Å²) in [6, 6.07) is 0. The van der Waals surface area contributed by atoms with E-state index in [1.165, 1.54) is 0 Å². The van der Waals surface area contributed by atoms with E-state index in [-0.39, 0.29) is 93.4 Å². The van der Waals surface area contributed by atoms with Crippen LogP contribution in [-0.2, 0) is 93.4 Å². The minimum Gasteiger partial charge on any atom is 0 e. The summed E-state index contributed by atoms with van der Waals surface area (Å²) in [5.74, 6) is 0. The molecule has 0 amide bonds. The van der Waals surface area contributed by atoms with Crippen LogP contribution >= 0.6 is 0 Å². The second-order valence-corrected chi connectivity index (χ2v) is 0. The van der Waals surface area contributed by atoms with E-state index >= 15 is 0 Å². The van der Waals surface area contributed by atoms with Crippen molar-refractivity contribution in [3.8, 4) is 0 Å². The summed E-state index contributed by atoms with van der Waals surface area (Å²) in [5.41, 5.74) is 0. The first kappa shape index (κ1) is 44.3. The van der Waals surface area contributed by atoms with Gasteiger partial charge in [0.25, 0.3) is 0 Å². The molecule has 0 atom stereocenters. The second-order valence-electron chi connectivity index (χ2n) is 0. The fourth-order valence-corrected chi connectivity index (χ4v) is 0. The summed E-state index contributed by atoms with van der Waals surface area (Å²) >= 11 is 0. The predicted octanol–water partition coefficient (Wildman–Crippen LogP) is -0.0125. The predicted molar refractivity (Wildman–Crippen MR) is 0 cm³/mol. The molecule has 0 aromatic heterocycles. The monoisotopic (exact) mass is 389 g/mol. The zero-order valence-electron chi connectivity index (χ0n) is 1.61. The number of hydrogen-bond donors (Lipinski definition) is 0. The molecule has 0 spiro atoms. The summed E-state index contributed by atoms with van der Waals surface area (Å²) in [4.78, 5) is 0. The van der Waals surface area contributed by atoms with Gasteiger partial charge in [0, 0.05) is 93.4 Å². The van der Waals surface area contributed by atoms with Gasteiger partial charge in [-0.1, -0.05) is 0 Å². The van der Waals surface area contributed by atoms with Crippen molar-refractivity contribution in [3.05, 3.63) is 0 Å². The summed E-state index contributed by atoms with van der Waals surface area (Å²) in [6.07, 6.45) is 0. The molecule has 0 N–H and O–H groups in total. The van der Waals surface area contributed by atoms with Crippen molar-refractivity contribution in [2.45, 2.75) is 0 Å². The molecule has 5 heavy (non-hydrogen) atoms. The van der Waals surface area contributed by atoms with Crippen molar-refractivity contribution in [3.63, 3.8) is 0 Å². The van der Waals surface area contributed by atoms with Crippen LogP contribution in [0.1, 0.15) is 0 Å². The number of hydrogen-bond acceptors (Lipinski definition) is 0. The van der Waals surface area contributed by atoms with E-state index in [1.807, 2.05) is 0 Å². The quantitative estimate of drug-likeness (QED) is 0.510. The smallest absolute Gasteiger partial charge is 0 e. The fourth-order valence-electron chi connectivity index (χ4n) is 0. The maximum Gasteiger partial charge on any atom is 0 e. The molecule has 0 bridgehead atoms. The van der Waals surface area contributed by atoms with E-state index in [9.17, 15) is 0 Å². The molecule has 0 rings (SSSR count). The van der Waals surface area contributed by atoms with Gasteiger partial charge in [-0.05, 0) is 0 Å². The van der Waals surface area contributed by atoms with Crippen molar-refractivity contribution in [2.75, 3.05) is 0 Å². The zero-order valence-corrected chi connectivity index (χ0v) is 7.76. The fraction of sp³-hybridized carbons (Fsp3) is 0. The maximum atomic E-state index is 0. The third kappa shape index (κ3) is 19.6. The molecule has 3 radical (unpaired) electrons. The van der Waals surface area contributed by atoms with Crippen molar-refractivity contribution in [1.29, 1.82) is 0 Å². The van der Waals surface area contributed by atoms with Crippen LogP contribution in [0.2, 0.25) is 0 Å². The van der Waals surface area contributed by atoms with Crippen LogP contribution in [0, 0.1) is 0 Å². The minimum atomic E-state index is 0. The second kappa shape index (κ2) is 28.4. The van der Waals surface area contributed by atoms with E-state index < -0.39 is 0 Å². The minimum absolute atomic E-state index is 0. The van der Waals surface area contributed by atoms with Gasteiger partial charge in [0.05, 0.1) is 0 Å². The third-order valence-electron chi connectivity index (χ3n) is 0. The molecule has 0 aliphatic rings. The largest absolute Gasteiger partial charge is 0 e. The molecular weight excluding hydrogens is 391 g/mol. The summed E-state index contributed by atoms with van der Waals surface area (Å²) in [7, 11) is 0. The van der Waals surface area contributed by atoms with E-state index in [1.54, 1.807) is 0 Å². The average molecular weight is 391 g/mol. The first-order valence-electron chi connectivity index (χ1n) is 0. The summed E-state index contributed by atoms with van der Waals surface area (Å²) < 4.78 is 0. The topological polar surface area (TPSA) is 0 Å². The molecule has 5 heteroatoms. The molecule has 0 saturated carbocycles. The van der Waals surface area contributed by atoms with Gasteiger partial charge in [-0.2, -0.15) is 0 Å². The van der Waals surface area contributed by atoms with Crippen molar-refractivity contribution >= 4 is 0 Å². The maximum absolute atomic E-state index is 0. The van der Waals surface area contributed by atoms with Crippen LogP contribution in [0.5, 0.6) is 0 Å². The Bertz CT molecular complexity index is 11.6. The van der Waals surface area contributed by atoms with Gasteiger partial charge in [0.1, 0.15) is 0 Å². The van der Waals surface area contributed by atoms with Gasteiger partial charge in [-0.3, -0.25) is 0 Å². The Kier molecular flexibility index (Phi) is 251. The van der Waals surface area contributed by atoms with Crippen molar-refractivity contribution in [2.24, 2.45) is 0 Å². The first-order chi connectivity index (χ1) is 0. The van der Waals surface area contributed by atoms with E-state index in [0.717, 1.165) is 0 Å². The van der Waals surface area contributed by atoms with Gasteiger partial charge in [0.15, 0.2) is 0 Å². The first-order valence-corrected chi connectivity index (χ1v) is 0. The van der Waals surface area contributed by atoms with E-state index in [0.29, 0.717) is 0 Å². The Labute approximate surface area is 92.0 Å². The molecule has 0 saturated heterocycles. The molecule has 0 aromatic rings. The van der Waals surface area contributed by atoms with Crippen LogP contribution in [0.25, 0.3) is 0 Å². The van der Waals surface area contributed by atoms with Gasteiger partial charge in [0.2, 0.25) is 0 Å². The van der Waals surface area contributed by atoms with E-state index in [2.05, 4.69) is 0 Å². The molecule has 0 aliphatic carbocycles. The SMILES string of the molecule is [Ag].[Cu].[Mn].[Ni].[Pd]. The standard InChI is InChI=1S/Ag.Cu.Mn.Ni.Pd. The zero-order chi connectivity index (χ0) is 0. The molecular formula is AgCuMnNiPd. The van der Waals surface area contributed by atoms with Crippen LogP contribution < -0.4 is 0 Å². The van der Waals surface area contributed by atoms with Crippen LogP contribution in [-0.4, -0.2) is 0 Å². The third-order valence-corrected chi connectivity index (χ3v) is 0. The molecule has 0 heterocycles. The van der Waals surface area contributed by atoms with Gasteiger partial charge in [-0.15, -0.1) is 0 Å².